The van der Waals surface area contributed by atoms with Crippen LogP contribution in [0, 0.1) is 0 Å². The molecule has 0 spiro atoms. The summed E-state index contributed by atoms with van der Waals surface area (Å²) in [4.78, 5) is 8.76. The second-order valence-corrected chi connectivity index (χ2v) is 21.1. The number of hydrogen-bond donors (Lipinski definition) is 0. The molecule has 2 rings (SSSR count). The molecule has 0 N–H and O–H groups in total. The van der Waals surface area contributed by atoms with Crippen LogP contribution in [0.2, 0.25) is 0 Å². The Morgan fingerprint density at radius 2 is 0.579 bits per heavy atom. The molecular formula is C32H50S6. The highest BCUT2D eigenvalue weighted by Crippen LogP contribution is 2.43. The summed E-state index contributed by atoms with van der Waals surface area (Å²) < 4.78 is 0. The van der Waals surface area contributed by atoms with E-state index in [1.807, 2.05) is 70.6 Å². The van der Waals surface area contributed by atoms with Crippen molar-refractivity contribution >= 4 is 70.6 Å². The van der Waals surface area contributed by atoms with Gasteiger partial charge in [-0.15, -0.1) is 70.6 Å². The lowest BCUT2D eigenvalue weighted by Gasteiger charge is -2.22. The molecule has 0 aliphatic heterocycles. The Morgan fingerprint density at radius 3 is 0.763 bits per heavy atom. The summed E-state index contributed by atoms with van der Waals surface area (Å²) in [7, 11) is 0. The summed E-state index contributed by atoms with van der Waals surface area (Å²) in [5.41, 5.74) is 3.11. The molecular weight excluding hydrogens is 577 g/mol. The highest BCUT2D eigenvalue weighted by molar-refractivity contribution is 8.02. The molecule has 0 fully saturated rings. The van der Waals surface area contributed by atoms with E-state index < -0.39 is 0 Å². The first-order valence-electron chi connectivity index (χ1n) is 14.1. The monoisotopic (exact) mass is 626 g/mol. The lowest BCUT2D eigenvalue weighted by atomic mass is 10.0. The molecule has 0 aromatic heterocycles. The van der Waals surface area contributed by atoms with E-state index in [0.717, 1.165) is 12.8 Å². The van der Waals surface area contributed by atoms with Crippen molar-refractivity contribution in [2.75, 3.05) is 0 Å². The van der Waals surface area contributed by atoms with Crippen molar-refractivity contribution in [2.24, 2.45) is 0 Å². The average molecular weight is 627 g/mol. The Labute approximate surface area is 261 Å². The Kier molecular flexibility index (Phi) is 15.4. The molecule has 0 nitrogen and oxygen atoms in total. The molecule has 6 heteroatoms. The first kappa shape index (κ1) is 34.7. The van der Waals surface area contributed by atoms with Gasteiger partial charge in [0.15, 0.2) is 0 Å². The SMILES string of the molecule is CC(C)Sc1cc(SC(C)C)c(CCc2c(SC(C)C)cc(SC(C)C)cc2SC(C)C)c(SC(C)C)c1. The summed E-state index contributed by atoms with van der Waals surface area (Å²) in [5, 5.41) is 3.44. The summed E-state index contributed by atoms with van der Waals surface area (Å²) in [5.74, 6) is 0. The van der Waals surface area contributed by atoms with Crippen molar-refractivity contribution in [1.82, 2.24) is 0 Å². The first-order valence-corrected chi connectivity index (χ1v) is 19.4. The average Bonchev–Trinajstić information content (AvgIpc) is 2.72. The number of benzene rings is 2. The molecule has 214 valence electrons. The van der Waals surface area contributed by atoms with Gasteiger partial charge in [-0.1, -0.05) is 83.1 Å². The maximum Gasteiger partial charge on any atom is 0.0129 e. The fourth-order valence-corrected chi connectivity index (χ4v) is 10.5. The van der Waals surface area contributed by atoms with Crippen LogP contribution >= 0.6 is 70.6 Å². The zero-order chi connectivity index (χ0) is 28.6. The van der Waals surface area contributed by atoms with E-state index in [0.29, 0.717) is 31.5 Å². The summed E-state index contributed by atoms with van der Waals surface area (Å²) in [6.45, 7) is 27.8. The molecule has 0 amide bonds. The Hall–Kier alpha value is 0.540. The molecule has 0 saturated carbocycles. The van der Waals surface area contributed by atoms with Crippen LogP contribution in [0.15, 0.2) is 53.6 Å². The lowest BCUT2D eigenvalue weighted by Crippen LogP contribution is -2.04. The third-order valence-corrected chi connectivity index (χ3v) is 11.4. The van der Waals surface area contributed by atoms with Gasteiger partial charge < -0.3 is 0 Å². The number of rotatable bonds is 15. The summed E-state index contributed by atoms with van der Waals surface area (Å²) in [6, 6.07) is 9.91. The normalized spacial score (nSPS) is 12.4. The minimum atomic E-state index is 0.566. The highest BCUT2D eigenvalue weighted by Gasteiger charge is 2.20. The fraction of sp³-hybridized carbons (Fsp3) is 0.625. The second-order valence-electron chi connectivity index (χ2n) is 11.3. The second kappa shape index (κ2) is 16.9. The fourth-order valence-electron chi connectivity index (χ4n) is 4.05. The maximum absolute atomic E-state index is 2.48. The van der Waals surface area contributed by atoms with Gasteiger partial charge in [-0.25, -0.2) is 0 Å². The van der Waals surface area contributed by atoms with Crippen LogP contribution < -0.4 is 0 Å². The van der Waals surface area contributed by atoms with E-state index in [1.165, 1.54) is 29.4 Å². The van der Waals surface area contributed by atoms with Crippen LogP contribution in [0.1, 0.15) is 94.2 Å². The summed E-state index contributed by atoms with van der Waals surface area (Å²) in [6.07, 6.45) is 2.18. The van der Waals surface area contributed by atoms with E-state index in [-0.39, 0.29) is 0 Å². The van der Waals surface area contributed by atoms with Crippen molar-refractivity contribution in [3.63, 3.8) is 0 Å². The molecule has 0 saturated heterocycles. The van der Waals surface area contributed by atoms with Crippen molar-refractivity contribution < 1.29 is 0 Å². The van der Waals surface area contributed by atoms with Crippen LogP contribution in [0.25, 0.3) is 0 Å². The Bertz CT molecular complexity index is 863. The molecule has 0 atom stereocenters. The minimum absolute atomic E-state index is 0.566. The van der Waals surface area contributed by atoms with Gasteiger partial charge in [0, 0.05) is 60.9 Å². The third-order valence-electron chi connectivity index (χ3n) is 5.10. The van der Waals surface area contributed by atoms with Gasteiger partial charge in [-0.05, 0) is 48.2 Å². The van der Waals surface area contributed by atoms with E-state index in [9.17, 15) is 0 Å². The molecule has 0 bridgehead atoms. The van der Waals surface area contributed by atoms with Gasteiger partial charge in [-0.3, -0.25) is 0 Å². The van der Waals surface area contributed by atoms with Gasteiger partial charge in [0.05, 0.1) is 0 Å². The molecule has 0 aliphatic rings. The van der Waals surface area contributed by atoms with Crippen molar-refractivity contribution in [1.29, 1.82) is 0 Å². The van der Waals surface area contributed by atoms with Crippen molar-refractivity contribution in [2.45, 2.75) is 157 Å². The molecule has 0 aliphatic carbocycles. The Balaban J connectivity index is 2.61. The smallest absolute Gasteiger partial charge is 0.0129 e. The first-order chi connectivity index (χ1) is 17.7. The molecule has 2 aromatic carbocycles. The number of hydrogen-bond acceptors (Lipinski definition) is 6. The molecule has 0 heterocycles. The predicted octanol–water partition coefficient (Wildman–Crippen LogP) is 12.5. The van der Waals surface area contributed by atoms with Crippen LogP contribution in [-0.2, 0) is 12.8 Å². The largest absolute Gasteiger partial charge is 0.123 e. The zero-order valence-corrected chi connectivity index (χ0v) is 30.5. The number of thioether (sulfide) groups is 6. The van der Waals surface area contributed by atoms with E-state index in [4.69, 9.17) is 0 Å². The van der Waals surface area contributed by atoms with Crippen molar-refractivity contribution in [3.05, 3.63) is 35.4 Å². The van der Waals surface area contributed by atoms with Gasteiger partial charge in [0.2, 0.25) is 0 Å². The van der Waals surface area contributed by atoms with Gasteiger partial charge in [-0.2, -0.15) is 0 Å². The molecule has 0 radical (unpaired) electrons. The topological polar surface area (TPSA) is 0 Å². The van der Waals surface area contributed by atoms with Crippen LogP contribution in [0.3, 0.4) is 0 Å². The molecule has 2 aromatic rings. The van der Waals surface area contributed by atoms with Gasteiger partial charge >= 0.3 is 0 Å². The lowest BCUT2D eigenvalue weighted by molar-refractivity contribution is 0.854. The Morgan fingerprint density at radius 1 is 0.368 bits per heavy atom. The van der Waals surface area contributed by atoms with E-state index in [1.54, 1.807) is 11.1 Å². The predicted molar refractivity (Wildman–Crippen MR) is 186 cm³/mol. The zero-order valence-electron chi connectivity index (χ0n) is 25.6. The van der Waals surface area contributed by atoms with Crippen LogP contribution in [0.5, 0.6) is 0 Å². The van der Waals surface area contributed by atoms with Gasteiger partial charge in [0.1, 0.15) is 0 Å². The molecule has 38 heavy (non-hydrogen) atoms. The quantitative estimate of drug-likeness (QED) is 0.179. The summed E-state index contributed by atoms with van der Waals surface area (Å²) >= 11 is 12.2. The van der Waals surface area contributed by atoms with Gasteiger partial charge in [0.25, 0.3) is 0 Å². The highest BCUT2D eigenvalue weighted by atomic mass is 32.2. The molecule has 0 unspecified atom stereocenters. The van der Waals surface area contributed by atoms with Crippen LogP contribution in [-0.4, -0.2) is 31.5 Å². The third kappa shape index (κ3) is 12.2. The standard InChI is InChI=1S/C32H50S6/c1-19(2)33-25-15-29(35-21(5)6)27(30(16-25)36-22(7)8)13-14-28-31(37-23(9)10)17-26(34-20(3)4)18-32(28)38-24(11)12/h15-24H,13-14H2,1-12H3. The van der Waals surface area contributed by atoms with E-state index >= 15 is 0 Å². The minimum Gasteiger partial charge on any atom is -0.123 e. The van der Waals surface area contributed by atoms with E-state index in [2.05, 4.69) is 107 Å². The van der Waals surface area contributed by atoms with Crippen molar-refractivity contribution in [3.8, 4) is 0 Å². The van der Waals surface area contributed by atoms with Crippen LogP contribution in [0.4, 0.5) is 0 Å². The maximum atomic E-state index is 2.48.